The van der Waals surface area contributed by atoms with Gasteiger partial charge in [0.25, 0.3) is 0 Å². The van der Waals surface area contributed by atoms with Crippen molar-refractivity contribution in [3.05, 3.63) is 23.7 Å². The van der Waals surface area contributed by atoms with E-state index in [9.17, 15) is 0 Å². The molecule has 1 N–H and O–H groups in total. The molecule has 0 aliphatic rings. The van der Waals surface area contributed by atoms with Gasteiger partial charge < -0.3 is 9.73 Å². The van der Waals surface area contributed by atoms with Crippen LogP contribution in [0.25, 0.3) is 0 Å². The van der Waals surface area contributed by atoms with E-state index >= 15 is 0 Å². The fraction of sp³-hybridized carbons (Fsp3) is 0.667. The highest BCUT2D eigenvalue weighted by Crippen LogP contribution is 2.14. The summed E-state index contributed by atoms with van der Waals surface area (Å²) in [6.45, 7) is 9.49. The minimum atomic E-state index is 0.576. The monoisotopic (exact) mass is 210 g/mol. The predicted octanol–water partition coefficient (Wildman–Crippen LogP) is 2.23. The third-order valence-corrected chi connectivity index (χ3v) is 2.68. The van der Waals surface area contributed by atoms with Gasteiger partial charge in [-0.1, -0.05) is 6.92 Å². The number of nitrogens with zero attached hydrogens (tertiary/aromatic N) is 1. The molecule has 0 saturated heterocycles. The molecule has 3 nitrogen and oxygen atoms in total. The second-order valence-corrected chi connectivity index (χ2v) is 4.06. The maximum absolute atomic E-state index is 5.44. The molecule has 1 rings (SSSR count). The van der Waals surface area contributed by atoms with E-state index in [1.807, 2.05) is 7.05 Å². The molecule has 0 spiro atoms. The van der Waals surface area contributed by atoms with E-state index in [0.717, 1.165) is 25.4 Å². The van der Waals surface area contributed by atoms with E-state index in [4.69, 9.17) is 4.42 Å². The number of hydrogen-bond acceptors (Lipinski definition) is 3. The van der Waals surface area contributed by atoms with Crippen LogP contribution in [0.5, 0.6) is 0 Å². The van der Waals surface area contributed by atoms with Crippen molar-refractivity contribution in [2.75, 3.05) is 13.6 Å². The second-order valence-electron chi connectivity index (χ2n) is 4.06. The predicted molar refractivity (Wildman–Crippen MR) is 62.7 cm³/mol. The highest BCUT2D eigenvalue weighted by Gasteiger charge is 2.12. The maximum Gasteiger partial charge on any atom is 0.122 e. The zero-order valence-electron chi connectivity index (χ0n) is 10.2. The smallest absolute Gasteiger partial charge is 0.122 e. The Labute approximate surface area is 92.5 Å². The Bertz CT molecular complexity index is 281. The van der Waals surface area contributed by atoms with Crippen LogP contribution in [-0.2, 0) is 13.1 Å². The van der Waals surface area contributed by atoms with Crippen molar-refractivity contribution in [1.29, 1.82) is 0 Å². The standard InChI is InChI=1S/C12H22N2O/c1-5-14(10(2)3)9-11-6-7-15-12(11)8-13-4/h6-7,10,13H,5,8-9H2,1-4H3. The van der Waals surface area contributed by atoms with E-state index in [1.165, 1.54) is 5.56 Å². The third kappa shape index (κ3) is 3.36. The first-order valence-corrected chi connectivity index (χ1v) is 5.62. The topological polar surface area (TPSA) is 28.4 Å². The molecule has 0 radical (unpaired) electrons. The van der Waals surface area contributed by atoms with Crippen molar-refractivity contribution in [1.82, 2.24) is 10.2 Å². The van der Waals surface area contributed by atoms with Crippen LogP contribution in [0.1, 0.15) is 32.1 Å². The van der Waals surface area contributed by atoms with Gasteiger partial charge in [0, 0.05) is 18.2 Å². The molecule has 1 aromatic heterocycles. The molecule has 0 atom stereocenters. The Morgan fingerprint density at radius 1 is 1.47 bits per heavy atom. The molecule has 0 saturated carbocycles. The second kappa shape index (κ2) is 5.93. The molecule has 0 amide bonds. The van der Waals surface area contributed by atoms with E-state index in [-0.39, 0.29) is 0 Å². The van der Waals surface area contributed by atoms with Crippen molar-refractivity contribution in [3.8, 4) is 0 Å². The quantitative estimate of drug-likeness (QED) is 0.780. The van der Waals surface area contributed by atoms with E-state index in [1.54, 1.807) is 6.26 Å². The fourth-order valence-corrected chi connectivity index (χ4v) is 1.70. The van der Waals surface area contributed by atoms with Crippen LogP contribution in [-0.4, -0.2) is 24.5 Å². The van der Waals surface area contributed by atoms with Gasteiger partial charge in [0.2, 0.25) is 0 Å². The van der Waals surface area contributed by atoms with Gasteiger partial charge in [-0.05, 0) is 33.5 Å². The van der Waals surface area contributed by atoms with Crippen molar-refractivity contribution < 1.29 is 4.42 Å². The van der Waals surface area contributed by atoms with Gasteiger partial charge in [-0.15, -0.1) is 0 Å². The summed E-state index contributed by atoms with van der Waals surface area (Å²) >= 11 is 0. The summed E-state index contributed by atoms with van der Waals surface area (Å²) in [4.78, 5) is 2.42. The summed E-state index contributed by atoms with van der Waals surface area (Å²) in [6, 6.07) is 2.64. The first-order valence-electron chi connectivity index (χ1n) is 5.62. The molecule has 3 heteroatoms. The average Bonchev–Trinajstić information content (AvgIpc) is 2.62. The summed E-state index contributed by atoms with van der Waals surface area (Å²) in [5, 5.41) is 3.12. The number of furan rings is 1. The molecule has 0 fully saturated rings. The van der Waals surface area contributed by atoms with E-state index in [0.29, 0.717) is 6.04 Å². The molecular formula is C12H22N2O. The maximum atomic E-state index is 5.44. The van der Waals surface area contributed by atoms with Crippen molar-refractivity contribution in [2.45, 2.75) is 39.9 Å². The molecular weight excluding hydrogens is 188 g/mol. The molecule has 86 valence electrons. The molecule has 0 unspecified atom stereocenters. The highest BCUT2D eigenvalue weighted by atomic mass is 16.3. The fourth-order valence-electron chi connectivity index (χ4n) is 1.70. The minimum Gasteiger partial charge on any atom is -0.468 e. The van der Waals surface area contributed by atoms with Crippen molar-refractivity contribution in [2.24, 2.45) is 0 Å². The average molecular weight is 210 g/mol. The lowest BCUT2D eigenvalue weighted by Crippen LogP contribution is -2.30. The Kier molecular flexibility index (Phi) is 4.85. The summed E-state index contributed by atoms with van der Waals surface area (Å²) in [7, 11) is 1.94. The van der Waals surface area contributed by atoms with Gasteiger partial charge in [0.1, 0.15) is 5.76 Å². The highest BCUT2D eigenvalue weighted by molar-refractivity contribution is 5.16. The molecule has 0 aliphatic carbocycles. The molecule has 15 heavy (non-hydrogen) atoms. The zero-order valence-corrected chi connectivity index (χ0v) is 10.2. The van der Waals surface area contributed by atoms with Gasteiger partial charge in [0.15, 0.2) is 0 Å². The minimum absolute atomic E-state index is 0.576. The van der Waals surface area contributed by atoms with Crippen LogP contribution in [0.2, 0.25) is 0 Å². The zero-order chi connectivity index (χ0) is 11.3. The lowest BCUT2D eigenvalue weighted by Gasteiger charge is -2.24. The van der Waals surface area contributed by atoms with Gasteiger partial charge in [-0.3, -0.25) is 4.90 Å². The third-order valence-electron chi connectivity index (χ3n) is 2.68. The Morgan fingerprint density at radius 3 is 2.73 bits per heavy atom. The lowest BCUT2D eigenvalue weighted by molar-refractivity contribution is 0.223. The lowest BCUT2D eigenvalue weighted by atomic mass is 10.2. The first-order chi connectivity index (χ1) is 7.19. The largest absolute Gasteiger partial charge is 0.468 e. The summed E-state index contributed by atoms with van der Waals surface area (Å²) < 4.78 is 5.44. The first kappa shape index (κ1) is 12.3. The van der Waals surface area contributed by atoms with Crippen LogP contribution < -0.4 is 5.32 Å². The Hall–Kier alpha value is -0.800. The molecule has 1 aromatic rings. The molecule has 0 aromatic carbocycles. The van der Waals surface area contributed by atoms with Crippen LogP contribution in [0, 0.1) is 0 Å². The van der Waals surface area contributed by atoms with Crippen molar-refractivity contribution in [3.63, 3.8) is 0 Å². The SMILES string of the molecule is CCN(Cc1ccoc1CNC)C(C)C. The van der Waals surface area contributed by atoms with Gasteiger partial charge in [-0.2, -0.15) is 0 Å². The van der Waals surface area contributed by atoms with Crippen LogP contribution >= 0.6 is 0 Å². The number of hydrogen-bond donors (Lipinski definition) is 1. The molecule has 1 heterocycles. The summed E-state index contributed by atoms with van der Waals surface area (Å²) in [5.74, 6) is 1.05. The number of nitrogens with one attached hydrogen (secondary N) is 1. The molecule has 0 aliphatic heterocycles. The Balaban J connectivity index is 2.65. The van der Waals surface area contributed by atoms with Crippen LogP contribution in [0.4, 0.5) is 0 Å². The molecule has 0 bridgehead atoms. The van der Waals surface area contributed by atoms with Gasteiger partial charge in [-0.25, -0.2) is 0 Å². The van der Waals surface area contributed by atoms with Crippen molar-refractivity contribution >= 4 is 0 Å². The van der Waals surface area contributed by atoms with E-state index in [2.05, 4.69) is 37.1 Å². The van der Waals surface area contributed by atoms with E-state index < -0.39 is 0 Å². The van der Waals surface area contributed by atoms with Gasteiger partial charge in [0.05, 0.1) is 12.8 Å². The normalized spacial score (nSPS) is 11.6. The van der Waals surface area contributed by atoms with Crippen LogP contribution in [0.3, 0.4) is 0 Å². The summed E-state index contributed by atoms with van der Waals surface area (Å²) in [6.07, 6.45) is 1.77. The van der Waals surface area contributed by atoms with Gasteiger partial charge >= 0.3 is 0 Å². The summed E-state index contributed by atoms with van der Waals surface area (Å²) in [5.41, 5.74) is 1.29. The van der Waals surface area contributed by atoms with Crippen LogP contribution in [0.15, 0.2) is 16.7 Å². The Morgan fingerprint density at radius 2 is 2.20 bits per heavy atom. The number of rotatable bonds is 6.